The van der Waals surface area contributed by atoms with Crippen molar-refractivity contribution in [2.75, 3.05) is 32.8 Å². The molecule has 3 heterocycles. The first kappa shape index (κ1) is 20.9. The highest BCUT2D eigenvalue weighted by atomic mass is 19.3. The molecule has 4 fully saturated rings. The first-order chi connectivity index (χ1) is 13.7. The first-order valence-corrected chi connectivity index (χ1v) is 10.7. The van der Waals surface area contributed by atoms with Gasteiger partial charge in [0.15, 0.2) is 0 Å². The quantitative estimate of drug-likeness (QED) is 0.656. The van der Waals surface area contributed by atoms with Crippen LogP contribution in [0.25, 0.3) is 0 Å². The molecule has 9 heteroatoms. The normalized spacial score (nSPS) is 38.2. The summed E-state index contributed by atoms with van der Waals surface area (Å²) in [5.74, 6) is -4.23. The van der Waals surface area contributed by atoms with E-state index in [2.05, 4.69) is 10.2 Å². The molecule has 2 N–H and O–H groups in total. The molecule has 0 amide bonds. The van der Waals surface area contributed by atoms with Crippen LogP contribution in [0, 0.1) is 5.92 Å². The molecule has 0 aromatic rings. The number of aliphatic carboxylic acids is 1. The molecular weight excluding hydrogens is 384 g/mol. The number of nitrogens with zero attached hydrogens (tertiary/aromatic N) is 2. The average Bonchev–Trinajstić information content (AvgIpc) is 3.22. The van der Waals surface area contributed by atoms with Crippen LogP contribution in [-0.2, 0) is 14.3 Å². The lowest BCUT2D eigenvalue weighted by Crippen LogP contribution is -2.61. The second-order valence-electron chi connectivity index (χ2n) is 9.23. The van der Waals surface area contributed by atoms with Gasteiger partial charge in [0.25, 0.3) is 5.92 Å². The van der Waals surface area contributed by atoms with Gasteiger partial charge in [0, 0.05) is 30.6 Å². The van der Waals surface area contributed by atoms with Crippen LogP contribution >= 0.6 is 0 Å². The summed E-state index contributed by atoms with van der Waals surface area (Å²) in [5, 5.41) is 12.8. The summed E-state index contributed by atoms with van der Waals surface area (Å²) < 4.78 is 32.7. The Morgan fingerprint density at radius 1 is 1.14 bits per heavy atom. The van der Waals surface area contributed by atoms with Crippen LogP contribution < -0.4 is 5.32 Å². The van der Waals surface area contributed by atoms with Crippen molar-refractivity contribution in [3.8, 4) is 0 Å². The molecule has 0 aromatic carbocycles. The molecule has 29 heavy (non-hydrogen) atoms. The molecule has 1 saturated carbocycles. The largest absolute Gasteiger partial charge is 0.480 e. The summed E-state index contributed by atoms with van der Waals surface area (Å²) in [4.78, 5) is 27.3. The van der Waals surface area contributed by atoms with Gasteiger partial charge >= 0.3 is 11.9 Å². The van der Waals surface area contributed by atoms with Gasteiger partial charge in [-0.3, -0.25) is 14.5 Å². The Labute approximate surface area is 169 Å². The summed E-state index contributed by atoms with van der Waals surface area (Å²) in [7, 11) is 0. The van der Waals surface area contributed by atoms with Crippen LogP contribution in [0.15, 0.2) is 0 Å². The highest BCUT2D eigenvalue weighted by Crippen LogP contribution is 2.45. The van der Waals surface area contributed by atoms with E-state index in [0.717, 1.165) is 45.2 Å². The predicted molar refractivity (Wildman–Crippen MR) is 101 cm³/mol. The average molecular weight is 415 g/mol. The van der Waals surface area contributed by atoms with Gasteiger partial charge in [-0.2, -0.15) is 0 Å². The number of alkyl halides is 2. The Morgan fingerprint density at radius 3 is 2.45 bits per heavy atom. The molecular formula is C20H31F2N3O4. The van der Waals surface area contributed by atoms with Gasteiger partial charge in [-0.25, -0.2) is 8.78 Å². The second kappa shape index (κ2) is 7.74. The number of nitrogens with one attached hydrogen (secondary N) is 1. The van der Waals surface area contributed by atoms with Gasteiger partial charge in [0.2, 0.25) is 0 Å². The van der Waals surface area contributed by atoms with Crippen LogP contribution in [0.2, 0.25) is 0 Å². The minimum absolute atomic E-state index is 0.0321. The smallest absolute Gasteiger partial charge is 0.321 e. The fourth-order valence-corrected chi connectivity index (χ4v) is 5.83. The molecule has 3 saturated heterocycles. The minimum Gasteiger partial charge on any atom is -0.480 e. The van der Waals surface area contributed by atoms with Gasteiger partial charge in [-0.1, -0.05) is 0 Å². The molecule has 4 aliphatic rings. The molecule has 0 aromatic heterocycles. The second-order valence-corrected chi connectivity index (χ2v) is 9.23. The third-order valence-corrected chi connectivity index (χ3v) is 7.31. The van der Waals surface area contributed by atoms with E-state index in [1.165, 1.54) is 4.90 Å². The summed E-state index contributed by atoms with van der Waals surface area (Å²) >= 11 is 0. The first-order valence-electron chi connectivity index (χ1n) is 10.7. The van der Waals surface area contributed by atoms with Crippen LogP contribution in [0.3, 0.4) is 0 Å². The number of piperidine rings is 1. The van der Waals surface area contributed by atoms with Gasteiger partial charge < -0.3 is 20.1 Å². The fourth-order valence-electron chi connectivity index (χ4n) is 5.83. The Bertz CT molecular complexity index is 648. The molecule has 0 bridgehead atoms. The summed E-state index contributed by atoms with van der Waals surface area (Å²) in [5.41, 5.74) is 0.0321. The van der Waals surface area contributed by atoms with Crippen LogP contribution in [-0.4, -0.2) is 89.2 Å². The van der Waals surface area contributed by atoms with Gasteiger partial charge in [-0.15, -0.1) is 0 Å². The van der Waals surface area contributed by atoms with Gasteiger partial charge in [-0.05, 0) is 52.1 Å². The number of likely N-dealkylation sites (tertiary alicyclic amines) is 2. The van der Waals surface area contributed by atoms with Crippen molar-refractivity contribution in [2.45, 2.75) is 75.0 Å². The number of hydrogen-bond acceptors (Lipinski definition) is 6. The van der Waals surface area contributed by atoms with Crippen LogP contribution in [0.1, 0.15) is 45.4 Å². The minimum atomic E-state index is -2.91. The molecule has 1 unspecified atom stereocenters. The fraction of sp³-hybridized carbons (Fsp3) is 0.900. The van der Waals surface area contributed by atoms with Crippen molar-refractivity contribution >= 4 is 11.9 Å². The van der Waals surface area contributed by atoms with E-state index in [9.17, 15) is 23.5 Å². The Hall–Kier alpha value is -1.32. The zero-order chi connectivity index (χ0) is 20.8. The highest BCUT2D eigenvalue weighted by molar-refractivity contribution is 5.74. The SMILES string of the molecule is CCOC(=O)C1CNC2(C1)CC(N1CCC(N3CC(F)(F)C[C@@H]3C(=O)O)CC1)C2. The summed E-state index contributed by atoms with van der Waals surface area (Å²) in [6.45, 7) is 4.07. The van der Waals surface area contributed by atoms with Crippen LogP contribution in [0.4, 0.5) is 8.78 Å². The standard InChI is InChI=1S/C20H31F2N3O4/c1-2-29-18(28)13-7-19(23-11-13)8-15(9-19)24-5-3-14(4-6-24)25-12-20(21,22)10-16(25)17(26)27/h13-16,23H,2-12H2,1H3,(H,26,27)/t13?,15?,16-,19?/m1/s1. The number of carbonyl (C=O) groups excluding carboxylic acids is 1. The molecule has 1 aliphatic carbocycles. The van der Waals surface area contributed by atoms with E-state index in [0.29, 0.717) is 19.2 Å². The molecule has 2 atom stereocenters. The summed E-state index contributed by atoms with van der Waals surface area (Å²) in [6.07, 6.45) is 3.67. The van der Waals surface area contributed by atoms with Gasteiger partial charge in [0.1, 0.15) is 6.04 Å². The number of halogens is 2. The van der Waals surface area contributed by atoms with E-state index in [-0.39, 0.29) is 23.5 Å². The Kier molecular flexibility index (Phi) is 5.59. The van der Waals surface area contributed by atoms with Crippen molar-refractivity contribution in [1.29, 1.82) is 0 Å². The number of hydrogen-bond donors (Lipinski definition) is 2. The van der Waals surface area contributed by atoms with Gasteiger partial charge in [0.05, 0.1) is 19.1 Å². The maximum absolute atomic E-state index is 13.8. The molecule has 7 nitrogen and oxygen atoms in total. The zero-order valence-electron chi connectivity index (χ0n) is 16.9. The zero-order valence-corrected chi connectivity index (χ0v) is 16.9. The van der Waals surface area contributed by atoms with E-state index < -0.39 is 30.9 Å². The van der Waals surface area contributed by atoms with Crippen molar-refractivity contribution in [3.63, 3.8) is 0 Å². The van der Waals surface area contributed by atoms with E-state index in [4.69, 9.17) is 4.74 Å². The molecule has 1 spiro atoms. The highest BCUT2D eigenvalue weighted by Gasteiger charge is 2.54. The third kappa shape index (κ3) is 4.14. The molecule has 3 aliphatic heterocycles. The number of ether oxygens (including phenoxy) is 1. The lowest BCUT2D eigenvalue weighted by Gasteiger charge is -2.52. The Morgan fingerprint density at radius 2 is 1.83 bits per heavy atom. The van der Waals surface area contributed by atoms with E-state index in [1.807, 2.05) is 6.92 Å². The number of carboxylic acids is 1. The van der Waals surface area contributed by atoms with Crippen molar-refractivity contribution < 1.29 is 28.2 Å². The molecule has 164 valence electrons. The third-order valence-electron chi connectivity index (χ3n) is 7.31. The van der Waals surface area contributed by atoms with E-state index >= 15 is 0 Å². The number of esters is 1. The Balaban J connectivity index is 1.25. The van der Waals surface area contributed by atoms with Crippen molar-refractivity contribution in [1.82, 2.24) is 15.1 Å². The molecule has 4 rings (SSSR count). The number of rotatable bonds is 5. The maximum atomic E-state index is 13.8. The lowest BCUT2D eigenvalue weighted by atomic mass is 9.69. The van der Waals surface area contributed by atoms with Crippen molar-refractivity contribution in [2.24, 2.45) is 5.92 Å². The van der Waals surface area contributed by atoms with E-state index in [1.54, 1.807) is 0 Å². The van der Waals surface area contributed by atoms with Crippen LogP contribution in [0.5, 0.6) is 0 Å². The predicted octanol–water partition coefficient (Wildman–Crippen LogP) is 1.32. The number of carboxylic acid groups (broad SMARTS) is 1. The summed E-state index contributed by atoms with van der Waals surface area (Å²) in [6, 6.07) is -0.719. The monoisotopic (exact) mass is 415 g/mol. The topological polar surface area (TPSA) is 82.1 Å². The maximum Gasteiger partial charge on any atom is 0.321 e. The van der Waals surface area contributed by atoms with Crippen molar-refractivity contribution in [3.05, 3.63) is 0 Å². The lowest BCUT2D eigenvalue weighted by molar-refractivity contribution is -0.147. The number of carbonyl (C=O) groups is 2. The molecule has 0 radical (unpaired) electrons.